The molecule has 0 spiro atoms. The van der Waals surface area contributed by atoms with Crippen LogP contribution in [0, 0.1) is 0 Å². The van der Waals surface area contributed by atoms with Gasteiger partial charge in [-0.15, -0.1) is 0 Å². The Hall–Kier alpha value is -1.30. The Morgan fingerprint density at radius 1 is 1.38 bits per heavy atom. The van der Waals surface area contributed by atoms with Crippen LogP contribution in [0.5, 0.6) is 0 Å². The van der Waals surface area contributed by atoms with Crippen LogP contribution >= 0.6 is 0 Å². The molecule has 66 valence electrons. The minimum absolute atomic E-state index is 1.17. The highest BCUT2D eigenvalue weighted by Gasteiger charge is 2.08. The first-order chi connectivity index (χ1) is 6.31. The fourth-order valence-corrected chi connectivity index (χ4v) is 1.89. The highest BCUT2D eigenvalue weighted by Crippen LogP contribution is 2.26. The molecule has 1 aliphatic carbocycles. The number of hydrogen-bond donors (Lipinski definition) is 0. The van der Waals surface area contributed by atoms with Crippen molar-refractivity contribution in [3.05, 3.63) is 47.5 Å². The summed E-state index contributed by atoms with van der Waals surface area (Å²) in [5.41, 5.74) is 5.53. The standard InChI is InChI=1S/C13H14/c1-3-11-7-8-13-10(2)5-4-6-12(13)9-11/h3,5,7-9H,1,4,6H2,2H3. The van der Waals surface area contributed by atoms with Crippen LogP contribution in [0.25, 0.3) is 11.6 Å². The topological polar surface area (TPSA) is 0 Å². The van der Waals surface area contributed by atoms with Gasteiger partial charge in [-0.3, -0.25) is 0 Å². The van der Waals surface area contributed by atoms with Gasteiger partial charge in [0.2, 0.25) is 0 Å². The number of rotatable bonds is 1. The summed E-state index contributed by atoms with van der Waals surface area (Å²) in [5.74, 6) is 0. The van der Waals surface area contributed by atoms with Gasteiger partial charge in [0, 0.05) is 0 Å². The van der Waals surface area contributed by atoms with E-state index >= 15 is 0 Å². The van der Waals surface area contributed by atoms with Gasteiger partial charge in [-0.05, 0) is 42.0 Å². The van der Waals surface area contributed by atoms with Gasteiger partial charge in [0.15, 0.2) is 0 Å². The lowest BCUT2D eigenvalue weighted by molar-refractivity contribution is 0.974. The van der Waals surface area contributed by atoms with Gasteiger partial charge >= 0.3 is 0 Å². The lowest BCUT2D eigenvalue weighted by Gasteiger charge is -2.15. The third kappa shape index (κ3) is 1.44. The van der Waals surface area contributed by atoms with Crippen LogP contribution in [0.1, 0.15) is 30.0 Å². The molecule has 0 atom stereocenters. The Morgan fingerprint density at radius 2 is 2.23 bits per heavy atom. The van der Waals surface area contributed by atoms with E-state index in [-0.39, 0.29) is 0 Å². The van der Waals surface area contributed by atoms with Crippen molar-refractivity contribution >= 4 is 11.6 Å². The van der Waals surface area contributed by atoms with E-state index in [2.05, 4.69) is 37.8 Å². The average Bonchev–Trinajstić information content (AvgIpc) is 2.18. The van der Waals surface area contributed by atoms with Crippen LogP contribution in [0.2, 0.25) is 0 Å². The highest BCUT2D eigenvalue weighted by atomic mass is 14.1. The molecule has 1 aromatic rings. The first-order valence-corrected chi connectivity index (χ1v) is 4.74. The molecule has 0 bridgehead atoms. The summed E-state index contributed by atoms with van der Waals surface area (Å²) in [7, 11) is 0. The zero-order valence-corrected chi connectivity index (χ0v) is 8.01. The van der Waals surface area contributed by atoms with Crippen LogP contribution in [0.4, 0.5) is 0 Å². The van der Waals surface area contributed by atoms with Gasteiger partial charge in [-0.2, -0.15) is 0 Å². The minimum Gasteiger partial charge on any atom is -0.0985 e. The van der Waals surface area contributed by atoms with Crippen molar-refractivity contribution in [3.63, 3.8) is 0 Å². The molecule has 0 fully saturated rings. The smallest absolute Gasteiger partial charge is 0.0198 e. The largest absolute Gasteiger partial charge is 0.0985 e. The normalized spacial score (nSPS) is 14.7. The Bertz CT molecular complexity index is 370. The molecule has 0 saturated carbocycles. The number of fused-ring (bicyclic) bond motifs is 1. The molecular weight excluding hydrogens is 156 g/mol. The quantitative estimate of drug-likeness (QED) is 0.603. The minimum atomic E-state index is 1.17. The molecule has 0 aliphatic heterocycles. The molecule has 0 nitrogen and oxygen atoms in total. The van der Waals surface area contributed by atoms with Crippen LogP contribution in [0.3, 0.4) is 0 Å². The number of allylic oxidation sites excluding steroid dienone is 2. The van der Waals surface area contributed by atoms with Crippen LogP contribution in [-0.4, -0.2) is 0 Å². The van der Waals surface area contributed by atoms with Crippen molar-refractivity contribution in [3.8, 4) is 0 Å². The lowest BCUT2D eigenvalue weighted by atomic mass is 9.90. The molecule has 0 amide bonds. The molecule has 0 heterocycles. The van der Waals surface area contributed by atoms with Crippen molar-refractivity contribution in [1.29, 1.82) is 0 Å². The lowest BCUT2D eigenvalue weighted by Crippen LogP contribution is -1.97. The van der Waals surface area contributed by atoms with Crippen LogP contribution < -0.4 is 0 Å². The van der Waals surface area contributed by atoms with Crippen molar-refractivity contribution in [2.24, 2.45) is 0 Å². The summed E-state index contributed by atoms with van der Waals surface area (Å²) < 4.78 is 0. The first kappa shape index (κ1) is 8.31. The van der Waals surface area contributed by atoms with E-state index < -0.39 is 0 Å². The van der Waals surface area contributed by atoms with E-state index in [1.165, 1.54) is 35.1 Å². The van der Waals surface area contributed by atoms with Crippen molar-refractivity contribution in [2.45, 2.75) is 19.8 Å². The van der Waals surface area contributed by atoms with Gasteiger partial charge in [-0.25, -0.2) is 0 Å². The Kier molecular flexibility index (Phi) is 2.05. The second-order valence-electron chi connectivity index (χ2n) is 3.55. The van der Waals surface area contributed by atoms with Gasteiger partial charge in [0.05, 0.1) is 0 Å². The fraction of sp³-hybridized carbons (Fsp3) is 0.231. The Balaban J connectivity index is 2.53. The number of hydrogen-bond acceptors (Lipinski definition) is 0. The fourth-order valence-electron chi connectivity index (χ4n) is 1.89. The zero-order valence-electron chi connectivity index (χ0n) is 8.01. The van der Waals surface area contributed by atoms with E-state index in [9.17, 15) is 0 Å². The van der Waals surface area contributed by atoms with Crippen molar-refractivity contribution < 1.29 is 0 Å². The second-order valence-corrected chi connectivity index (χ2v) is 3.55. The summed E-state index contributed by atoms with van der Waals surface area (Å²) in [4.78, 5) is 0. The first-order valence-electron chi connectivity index (χ1n) is 4.74. The van der Waals surface area contributed by atoms with Gasteiger partial charge in [0.25, 0.3) is 0 Å². The SMILES string of the molecule is C=Cc1ccc2c(c1)CCC=C2C. The van der Waals surface area contributed by atoms with Crippen molar-refractivity contribution in [2.75, 3.05) is 0 Å². The monoisotopic (exact) mass is 170 g/mol. The highest BCUT2D eigenvalue weighted by molar-refractivity contribution is 5.70. The maximum absolute atomic E-state index is 3.78. The van der Waals surface area contributed by atoms with Gasteiger partial charge in [0.1, 0.15) is 0 Å². The molecule has 1 aliphatic rings. The molecule has 0 radical (unpaired) electrons. The molecule has 0 saturated heterocycles. The number of aryl methyl sites for hydroxylation is 1. The van der Waals surface area contributed by atoms with E-state index in [0.717, 1.165) is 0 Å². The van der Waals surface area contributed by atoms with Crippen molar-refractivity contribution in [1.82, 2.24) is 0 Å². The predicted octanol–water partition coefficient (Wildman–Crippen LogP) is 3.68. The van der Waals surface area contributed by atoms with E-state index in [1.807, 2.05) is 6.08 Å². The molecule has 1 aromatic carbocycles. The van der Waals surface area contributed by atoms with E-state index in [1.54, 1.807) is 0 Å². The molecule has 0 aromatic heterocycles. The molecule has 0 heteroatoms. The maximum atomic E-state index is 3.78. The zero-order chi connectivity index (χ0) is 9.26. The summed E-state index contributed by atoms with van der Waals surface area (Å²) in [6, 6.07) is 6.59. The average molecular weight is 170 g/mol. The molecular formula is C13H14. The number of benzene rings is 1. The summed E-state index contributed by atoms with van der Waals surface area (Å²) >= 11 is 0. The Labute approximate surface area is 79.6 Å². The summed E-state index contributed by atoms with van der Waals surface area (Å²) in [6.07, 6.45) is 6.58. The third-order valence-corrected chi connectivity index (χ3v) is 2.65. The summed E-state index contributed by atoms with van der Waals surface area (Å²) in [5, 5.41) is 0. The maximum Gasteiger partial charge on any atom is -0.0198 e. The Morgan fingerprint density at radius 3 is 3.00 bits per heavy atom. The molecule has 2 rings (SSSR count). The predicted molar refractivity (Wildman–Crippen MR) is 58.5 cm³/mol. The van der Waals surface area contributed by atoms with E-state index in [4.69, 9.17) is 0 Å². The molecule has 0 N–H and O–H groups in total. The van der Waals surface area contributed by atoms with Gasteiger partial charge < -0.3 is 0 Å². The second kappa shape index (κ2) is 3.21. The van der Waals surface area contributed by atoms with Gasteiger partial charge in [-0.1, -0.05) is 36.9 Å². The molecule has 13 heavy (non-hydrogen) atoms. The van der Waals surface area contributed by atoms with Crippen LogP contribution in [-0.2, 0) is 6.42 Å². The van der Waals surface area contributed by atoms with E-state index in [0.29, 0.717) is 0 Å². The third-order valence-electron chi connectivity index (χ3n) is 2.65. The summed E-state index contributed by atoms with van der Waals surface area (Å²) in [6.45, 7) is 5.97. The van der Waals surface area contributed by atoms with Crippen LogP contribution in [0.15, 0.2) is 30.9 Å². The molecule has 0 unspecified atom stereocenters.